The number of hydrogen-bond donors (Lipinski definition) is 2. The number of nitrogens with one attached hydrogen (secondary N) is 1. The third kappa shape index (κ3) is 1.79. The number of H-pyrrole nitrogens is 1. The minimum absolute atomic E-state index is 0.292. The molecular formula is C14H17BN2S. The van der Waals surface area contributed by atoms with E-state index in [1.54, 1.807) is 0 Å². The lowest BCUT2D eigenvalue weighted by Gasteiger charge is -2.36. The molecule has 0 amide bonds. The zero-order chi connectivity index (χ0) is 12.8. The fourth-order valence-corrected chi connectivity index (χ4v) is 3.56. The van der Waals surface area contributed by atoms with Gasteiger partial charge in [-0.2, -0.15) is 12.6 Å². The Bertz CT molecular complexity index is 564. The molecule has 1 fully saturated rings. The monoisotopic (exact) mass is 256 g/mol. The fraction of sp³-hybridized carbons (Fsp3) is 0.429. The predicted molar refractivity (Wildman–Crippen MR) is 80.4 cm³/mol. The average molecular weight is 256 g/mol. The molecule has 1 saturated heterocycles. The number of aromatic nitrogens is 1. The number of hydrogen-bond acceptors (Lipinski definition) is 2. The van der Waals surface area contributed by atoms with Crippen LogP contribution in [-0.2, 0) is 4.65 Å². The van der Waals surface area contributed by atoms with Crippen LogP contribution in [0.15, 0.2) is 30.5 Å². The third-order valence-electron chi connectivity index (χ3n) is 4.05. The zero-order valence-corrected chi connectivity index (χ0v) is 11.5. The number of likely N-dealkylation sites (tertiary alicyclic amines) is 1. The highest BCUT2D eigenvalue weighted by molar-refractivity contribution is 7.82. The molecule has 1 N–H and O–H groups in total. The van der Waals surface area contributed by atoms with Crippen molar-refractivity contribution in [3.63, 3.8) is 0 Å². The number of nitrogens with zero attached hydrogens (tertiary/aromatic N) is 1. The van der Waals surface area contributed by atoms with Crippen molar-refractivity contribution in [3.8, 4) is 0 Å². The summed E-state index contributed by atoms with van der Waals surface area (Å²) in [6.45, 7) is 1.10. The number of aromatic amines is 1. The highest BCUT2D eigenvalue weighted by atomic mass is 32.1. The lowest BCUT2D eigenvalue weighted by molar-refractivity contribution is 0.291. The first kappa shape index (κ1) is 12.2. The van der Waals surface area contributed by atoms with Crippen molar-refractivity contribution in [2.75, 3.05) is 13.6 Å². The Labute approximate surface area is 115 Å². The van der Waals surface area contributed by atoms with E-state index >= 15 is 0 Å². The summed E-state index contributed by atoms with van der Waals surface area (Å²) in [6.07, 6.45) is 4.31. The molecule has 2 nitrogen and oxygen atoms in total. The minimum Gasteiger partial charge on any atom is -0.361 e. The van der Waals surface area contributed by atoms with Gasteiger partial charge in [-0.3, -0.25) is 0 Å². The Morgan fingerprint density at radius 2 is 2.22 bits per heavy atom. The summed E-state index contributed by atoms with van der Waals surface area (Å²) in [7, 11) is 8.68. The second-order valence-corrected chi connectivity index (χ2v) is 5.95. The van der Waals surface area contributed by atoms with E-state index in [-0.39, 0.29) is 0 Å². The molecule has 2 radical (unpaired) electrons. The first-order valence-corrected chi connectivity index (χ1v) is 6.83. The maximum absolute atomic E-state index is 6.55. The van der Waals surface area contributed by atoms with E-state index in [1.807, 2.05) is 18.3 Å². The lowest BCUT2D eigenvalue weighted by atomic mass is 9.73. The van der Waals surface area contributed by atoms with Crippen molar-refractivity contribution in [3.05, 3.63) is 36.0 Å². The molecule has 2 aromatic rings. The normalized spacial score (nSPS) is 24.4. The van der Waals surface area contributed by atoms with Crippen LogP contribution in [0, 0.1) is 0 Å². The topological polar surface area (TPSA) is 19.0 Å². The van der Waals surface area contributed by atoms with Crippen LogP contribution in [0.1, 0.15) is 18.4 Å². The Balaban J connectivity index is 2.07. The molecule has 0 saturated carbocycles. The third-order valence-corrected chi connectivity index (χ3v) is 4.59. The van der Waals surface area contributed by atoms with Crippen LogP contribution in [0.5, 0.6) is 0 Å². The van der Waals surface area contributed by atoms with Gasteiger partial charge in [0.2, 0.25) is 0 Å². The zero-order valence-electron chi connectivity index (χ0n) is 10.6. The molecule has 0 aliphatic carbocycles. The van der Waals surface area contributed by atoms with E-state index in [0.717, 1.165) is 24.0 Å². The predicted octanol–water partition coefficient (Wildman–Crippen LogP) is 2.51. The van der Waals surface area contributed by atoms with Gasteiger partial charge in [-0.25, -0.2) is 0 Å². The highest BCUT2D eigenvalue weighted by Gasteiger charge is 2.38. The van der Waals surface area contributed by atoms with E-state index in [1.165, 1.54) is 11.8 Å². The van der Waals surface area contributed by atoms with Gasteiger partial charge >= 0.3 is 0 Å². The minimum atomic E-state index is -0.606. The number of fused-ring (bicyclic) bond motifs is 1. The first-order chi connectivity index (χ1) is 8.60. The molecule has 2 atom stereocenters. The lowest BCUT2D eigenvalue weighted by Crippen LogP contribution is -2.42. The van der Waals surface area contributed by atoms with E-state index < -0.39 is 4.65 Å². The van der Waals surface area contributed by atoms with E-state index in [9.17, 15) is 0 Å². The van der Waals surface area contributed by atoms with E-state index in [2.05, 4.69) is 29.1 Å². The molecule has 92 valence electrons. The summed E-state index contributed by atoms with van der Waals surface area (Å²) in [6, 6.07) is 8.54. The standard InChI is InChI=1S/C14H17BN2S/c1-17-8-4-7-13(17)14(15,18)11-9-16-12-6-3-2-5-10(11)12/h2-3,5-6,9,13,16,18H,4,7-8H2,1H3/t13-,14?/m1/s1. The molecule has 2 heterocycles. The van der Waals surface area contributed by atoms with Crippen molar-refractivity contribution in [1.29, 1.82) is 0 Å². The molecule has 0 bridgehead atoms. The summed E-state index contributed by atoms with van der Waals surface area (Å²) < 4.78 is -0.606. The van der Waals surface area contributed by atoms with Crippen LogP contribution in [0.4, 0.5) is 0 Å². The van der Waals surface area contributed by atoms with Gasteiger partial charge in [-0.15, -0.1) is 0 Å². The summed E-state index contributed by atoms with van der Waals surface area (Å²) in [5.74, 6) is 0. The number of likely N-dealkylation sites (N-methyl/N-ethyl adjacent to an activating group) is 1. The van der Waals surface area contributed by atoms with Gasteiger partial charge in [0.05, 0.1) is 7.85 Å². The highest BCUT2D eigenvalue weighted by Crippen LogP contribution is 2.39. The molecular weight excluding hydrogens is 239 g/mol. The summed E-state index contributed by atoms with van der Waals surface area (Å²) in [5.41, 5.74) is 2.22. The van der Waals surface area contributed by atoms with Gasteiger partial charge in [0, 0.05) is 27.8 Å². The smallest absolute Gasteiger partial charge is 0.0977 e. The maximum atomic E-state index is 6.55. The molecule has 1 aromatic carbocycles. The van der Waals surface area contributed by atoms with Gasteiger partial charge in [-0.05, 0) is 38.1 Å². The van der Waals surface area contributed by atoms with Crippen molar-refractivity contribution < 1.29 is 0 Å². The Morgan fingerprint density at radius 1 is 1.44 bits per heavy atom. The van der Waals surface area contributed by atoms with Crippen molar-refractivity contribution in [2.45, 2.75) is 23.5 Å². The van der Waals surface area contributed by atoms with Crippen LogP contribution in [0.2, 0.25) is 0 Å². The summed E-state index contributed by atoms with van der Waals surface area (Å²) in [4.78, 5) is 5.60. The van der Waals surface area contributed by atoms with Gasteiger partial charge in [0.1, 0.15) is 0 Å². The van der Waals surface area contributed by atoms with Gasteiger partial charge in [0.25, 0.3) is 0 Å². The van der Waals surface area contributed by atoms with Crippen molar-refractivity contribution in [2.24, 2.45) is 0 Å². The molecule has 3 rings (SSSR count). The number of benzene rings is 1. The van der Waals surface area contributed by atoms with Crippen LogP contribution >= 0.6 is 12.6 Å². The van der Waals surface area contributed by atoms with Crippen LogP contribution in [0.3, 0.4) is 0 Å². The molecule has 1 aliphatic heterocycles. The van der Waals surface area contributed by atoms with Crippen LogP contribution < -0.4 is 0 Å². The van der Waals surface area contributed by atoms with Gasteiger partial charge in [-0.1, -0.05) is 18.2 Å². The first-order valence-electron chi connectivity index (χ1n) is 6.39. The summed E-state index contributed by atoms with van der Waals surface area (Å²) in [5, 5.41) is 1.18. The largest absolute Gasteiger partial charge is 0.361 e. The average Bonchev–Trinajstić information content (AvgIpc) is 2.95. The number of rotatable bonds is 2. The quantitative estimate of drug-likeness (QED) is 0.624. The molecule has 4 heteroatoms. The Hall–Kier alpha value is -0.865. The number of thiol groups is 1. The number of para-hydroxylation sites is 1. The van der Waals surface area contributed by atoms with Crippen molar-refractivity contribution in [1.82, 2.24) is 9.88 Å². The molecule has 0 spiro atoms. The second-order valence-electron chi connectivity index (χ2n) is 5.21. The molecule has 18 heavy (non-hydrogen) atoms. The summed E-state index contributed by atoms with van der Waals surface area (Å²) >= 11 is 4.79. The molecule has 1 unspecified atom stereocenters. The van der Waals surface area contributed by atoms with Crippen LogP contribution in [0.25, 0.3) is 10.9 Å². The SMILES string of the molecule is [B]C(S)(c1c[nH]c2ccccc12)[C@H]1CCCN1C. The van der Waals surface area contributed by atoms with Crippen LogP contribution in [-0.4, -0.2) is 37.4 Å². The van der Waals surface area contributed by atoms with Gasteiger partial charge in [0.15, 0.2) is 0 Å². The van der Waals surface area contributed by atoms with E-state index in [4.69, 9.17) is 20.5 Å². The van der Waals surface area contributed by atoms with Gasteiger partial charge < -0.3 is 9.88 Å². The molecule has 1 aliphatic rings. The van der Waals surface area contributed by atoms with E-state index in [0.29, 0.717) is 6.04 Å². The maximum Gasteiger partial charge on any atom is 0.0977 e. The fourth-order valence-electron chi connectivity index (χ4n) is 3.05. The second kappa shape index (κ2) is 4.35. The Morgan fingerprint density at radius 3 is 2.94 bits per heavy atom. The molecule has 1 aromatic heterocycles. The Kier molecular flexibility index (Phi) is 2.95. The van der Waals surface area contributed by atoms with Crippen molar-refractivity contribution >= 4 is 31.4 Å².